The minimum atomic E-state index is -2.94. The molecule has 1 rings (SSSR count). The lowest BCUT2D eigenvalue weighted by atomic mass is 10.6. The fourth-order valence-corrected chi connectivity index (χ4v) is 3.69. The molecule has 0 unspecified atom stereocenters. The van der Waals surface area contributed by atoms with Gasteiger partial charge in [0.25, 0.3) is 0 Å². The van der Waals surface area contributed by atoms with E-state index < -0.39 is 7.60 Å². The second kappa shape index (κ2) is 5.61. The summed E-state index contributed by atoms with van der Waals surface area (Å²) in [6.45, 7) is 4.41. The molecule has 1 aromatic heterocycles. The van der Waals surface area contributed by atoms with Crippen LogP contribution in [0.15, 0.2) is 11.7 Å². The fourth-order valence-electron chi connectivity index (χ4n) is 1.03. The van der Waals surface area contributed by atoms with Crippen LogP contribution in [0.3, 0.4) is 0 Å². The Morgan fingerprint density at radius 2 is 2.07 bits per heavy atom. The number of thiazole rings is 1. The van der Waals surface area contributed by atoms with Gasteiger partial charge in [0.1, 0.15) is 0 Å². The molecule has 0 atom stereocenters. The van der Waals surface area contributed by atoms with E-state index in [-0.39, 0.29) is 0 Å². The Morgan fingerprint density at radius 1 is 1.43 bits per heavy atom. The maximum absolute atomic E-state index is 12.0. The normalized spacial score (nSPS) is 11.9. The van der Waals surface area contributed by atoms with Crippen LogP contribution in [0.4, 0.5) is 0 Å². The first kappa shape index (κ1) is 11.9. The van der Waals surface area contributed by atoms with Gasteiger partial charge in [0.15, 0.2) is 0 Å². The van der Waals surface area contributed by atoms with Crippen molar-refractivity contribution >= 4 is 18.9 Å². The summed E-state index contributed by atoms with van der Waals surface area (Å²) in [5, 5.41) is 0. The van der Waals surface area contributed by atoms with Crippen molar-refractivity contribution in [3.63, 3.8) is 0 Å². The maximum atomic E-state index is 12.0. The number of hydrogen-bond donors (Lipinski definition) is 0. The lowest BCUT2D eigenvalue weighted by Gasteiger charge is -2.15. The lowest BCUT2D eigenvalue weighted by molar-refractivity contribution is 0.219. The van der Waals surface area contributed by atoms with Crippen molar-refractivity contribution in [2.24, 2.45) is 0 Å². The lowest BCUT2D eigenvalue weighted by Crippen LogP contribution is -1.97. The molecule has 0 N–H and O–H groups in total. The molecule has 0 bridgehead atoms. The Hall–Kier alpha value is -0.220. The summed E-state index contributed by atoms with van der Waals surface area (Å²) < 4.78 is 22.3. The molecule has 6 heteroatoms. The molecule has 0 saturated carbocycles. The Bertz CT molecular complexity index is 292. The zero-order valence-corrected chi connectivity index (χ0v) is 10.0. The quantitative estimate of drug-likeness (QED) is 0.711. The molecule has 0 radical (unpaired) electrons. The number of aromatic nitrogens is 1. The van der Waals surface area contributed by atoms with Gasteiger partial charge >= 0.3 is 7.60 Å². The van der Waals surface area contributed by atoms with Crippen molar-refractivity contribution in [1.29, 1.82) is 0 Å². The maximum Gasteiger partial charge on any atom is 0.335 e. The molecule has 0 fully saturated rings. The summed E-state index contributed by atoms with van der Waals surface area (Å²) >= 11 is 1.46. The molecular formula is C8H14NO3PS. The van der Waals surface area contributed by atoms with Gasteiger partial charge in [-0.3, -0.25) is 9.55 Å². The van der Waals surface area contributed by atoms with Crippen molar-refractivity contribution in [3.8, 4) is 0 Å². The van der Waals surface area contributed by atoms with Gasteiger partial charge < -0.3 is 9.05 Å². The van der Waals surface area contributed by atoms with Crippen LogP contribution >= 0.6 is 18.9 Å². The molecule has 80 valence electrons. The number of nitrogens with zero attached hydrogens (tertiary/aromatic N) is 1. The first-order chi connectivity index (χ1) is 6.70. The Morgan fingerprint density at radius 3 is 2.50 bits per heavy atom. The van der Waals surface area contributed by atoms with Gasteiger partial charge in [-0.25, -0.2) is 0 Å². The molecule has 14 heavy (non-hydrogen) atoms. The van der Waals surface area contributed by atoms with Crippen molar-refractivity contribution in [3.05, 3.63) is 16.6 Å². The number of hydrogen-bond acceptors (Lipinski definition) is 5. The summed E-state index contributed by atoms with van der Waals surface area (Å²) in [4.78, 5) is 4.84. The minimum absolute atomic E-state index is 0.319. The SMILES string of the molecule is CCOP(=O)(Cc1cncs1)OCC. The van der Waals surface area contributed by atoms with E-state index in [1.165, 1.54) is 11.3 Å². The molecule has 4 nitrogen and oxygen atoms in total. The van der Waals surface area contributed by atoms with E-state index in [0.717, 1.165) is 4.88 Å². The van der Waals surface area contributed by atoms with Crippen LogP contribution in [0.1, 0.15) is 18.7 Å². The second-order valence-electron chi connectivity index (χ2n) is 2.57. The van der Waals surface area contributed by atoms with Gasteiger partial charge in [-0.15, -0.1) is 11.3 Å². The van der Waals surface area contributed by atoms with Crippen molar-refractivity contribution in [2.75, 3.05) is 13.2 Å². The van der Waals surface area contributed by atoms with Crippen LogP contribution in [0, 0.1) is 0 Å². The predicted molar refractivity (Wildman–Crippen MR) is 56.7 cm³/mol. The van der Waals surface area contributed by atoms with Crippen molar-refractivity contribution in [2.45, 2.75) is 20.0 Å². The largest absolute Gasteiger partial charge is 0.335 e. The average Bonchev–Trinajstić information content (AvgIpc) is 2.57. The third-order valence-electron chi connectivity index (χ3n) is 1.48. The van der Waals surface area contributed by atoms with E-state index in [4.69, 9.17) is 9.05 Å². The zero-order valence-electron chi connectivity index (χ0n) is 8.30. The second-order valence-corrected chi connectivity index (χ2v) is 5.60. The average molecular weight is 235 g/mol. The standard InChI is InChI=1S/C8H14NO3PS/c1-3-11-13(10,12-4-2)6-8-5-9-7-14-8/h5,7H,3-4,6H2,1-2H3. The number of rotatable bonds is 6. The summed E-state index contributed by atoms with van der Waals surface area (Å²) in [7, 11) is -2.94. The van der Waals surface area contributed by atoms with Gasteiger partial charge in [-0.05, 0) is 13.8 Å². The Labute approximate surface area is 87.8 Å². The van der Waals surface area contributed by atoms with Crippen LogP contribution in [-0.2, 0) is 19.8 Å². The highest BCUT2D eigenvalue weighted by Crippen LogP contribution is 2.51. The molecule has 0 aliphatic heterocycles. The highest BCUT2D eigenvalue weighted by atomic mass is 32.1. The summed E-state index contributed by atoms with van der Waals surface area (Å²) in [6, 6.07) is 0. The Kier molecular flexibility index (Phi) is 4.75. The van der Waals surface area contributed by atoms with E-state index in [1.54, 1.807) is 25.6 Å². The van der Waals surface area contributed by atoms with Crippen LogP contribution < -0.4 is 0 Å². The molecule has 1 aromatic rings. The minimum Gasteiger partial charge on any atom is -0.309 e. The smallest absolute Gasteiger partial charge is 0.309 e. The third kappa shape index (κ3) is 3.50. The third-order valence-corrected chi connectivity index (χ3v) is 4.51. The van der Waals surface area contributed by atoms with Gasteiger partial charge in [-0.2, -0.15) is 0 Å². The highest BCUT2D eigenvalue weighted by Gasteiger charge is 2.24. The summed E-state index contributed by atoms with van der Waals surface area (Å²) in [5.74, 6) is 0. The molecule has 0 aliphatic rings. The van der Waals surface area contributed by atoms with E-state index in [9.17, 15) is 4.57 Å². The first-order valence-electron chi connectivity index (χ1n) is 4.45. The van der Waals surface area contributed by atoms with Gasteiger partial charge in [0.2, 0.25) is 0 Å². The van der Waals surface area contributed by atoms with E-state index in [2.05, 4.69) is 4.98 Å². The fraction of sp³-hybridized carbons (Fsp3) is 0.625. The molecule has 0 aliphatic carbocycles. The monoisotopic (exact) mass is 235 g/mol. The molecular weight excluding hydrogens is 221 g/mol. The molecule has 0 saturated heterocycles. The highest BCUT2D eigenvalue weighted by molar-refractivity contribution is 7.53. The van der Waals surface area contributed by atoms with E-state index >= 15 is 0 Å². The van der Waals surface area contributed by atoms with Crippen molar-refractivity contribution in [1.82, 2.24) is 4.98 Å². The van der Waals surface area contributed by atoms with Gasteiger partial charge in [0, 0.05) is 11.1 Å². The molecule has 1 heterocycles. The van der Waals surface area contributed by atoms with Gasteiger partial charge in [0.05, 0.1) is 24.9 Å². The first-order valence-corrected chi connectivity index (χ1v) is 7.06. The van der Waals surface area contributed by atoms with Crippen molar-refractivity contribution < 1.29 is 13.6 Å². The topological polar surface area (TPSA) is 48.4 Å². The van der Waals surface area contributed by atoms with Crippen LogP contribution in [0.2, 0.25) is 0 Å². The van der Waals surface area contributed by atoms with Crippen LogP contribution in [0.5, 0.6) is 0 Å². The predicted octanol–water partition coefficient (Wildman–Crippen LogP) is 2.91. The molecule has 0 aromatic carbocycles. The van der Waals surface area contributed by atoms with Gasteiger partial charge in [-0.1, -0.05) is 0 Å². The van der Waals surface area contributed by atoms with E-state index in [1.807, 2.05) is 0 Å². The van der Waals surface area contributed by atoms with Crippen LogP contribution in [-0.4, -0.2) is 18.2 Å². The van der Waals surface area contributed by atoms with Crippen LogP contribution in [0.25, 0.3) is 0 Å². The zero-order chi connectivity index (χ0) is 10.4. The van der Waals surface area contributed by atoms with E-state index in [0.29, 0.717) is 19.4 Å². The molecule has 0 amide bonds. The summed E-state index contributed by atoms with van der Waals surface area (Å²) in [6.07, 6.45) is 2.01. The summed E-state index contributed by atoms with van der Waals surface area (Å²) in [5.41, 5.74) is 1.71. The Balaban J connectivity index is 2.64. The molecule has 0 spiro atoms.